The van der Waals surface area contributed by atoms with Crippen molar-refractivity contribution in [1.82, 2.24) is 4.98 Å². The summed E-state index contributed by atoms with van der Waals surface area (Å²) in [5, 5.41) is 0. The maximum atomic E-state index is 13.2. The topological polar surface area (TPSA) is 85.1 Å². The van der Waals surface area contributed by atoms with E-state index in [0.29, 0.717) is 5.56 Å². The van der Waals surface area contributed by atoms with E-state index in [1.165, 1.54) is 30.6 Å². The number of aryl methyl sites for hydroxylation is 1. The van der Waals surface area contributed by atoms with Crippen molar-refractivity contribution in [3.05, 3.63) is 48.0 Å². The molecule has 0 aliphatic rings. The highest BCUT2D eigenvalue weighted by atomic mass is 32.2. The number of nitrogens with one attached hydrogen (secondary N) is 1. The van der Waals surface area contributed by atoms with Gasteiger partial charge in [0.05, 0.1) is 22.5 Å². The smallest absolute Gasteiger partial charge is 0.262 e. The Labute approximate surface area is 110 Å². The van der Waals surface area contributed by atoms with E-state index in [4.69, 9.17) is 5.73 Å². The van der Waals surface area contributed by atoms with Gasteiger partial charge in [0.25, 0.3) is 10.0 Å². The molecule has 1 heterocycles. The molecule has 100 valence electrons. The largest absolute Gasteiger partial charge is 0.396 e. The molecule has 0 radical (unpaired) electrons. The zero-order valence-electron chi connectivity index (χ0n) is 10.1. The molecule has 0 atom stereocenters. The Bertz CT molecular complexity index is 717. The molecular formula is C12H12FN3O2S. The van der Waals surface area contributed by atoms with Crippen LogP contribution in [0.5, 0.6) is 0 Å². The van der Waals surface area contributed by atoms with Crippen molar-refractivity contribution >= 4 is 21.4 Å². The number of benzene rings is 1. The number of nitrogen functional groups attached to an aromatic ring is 1. The SMILES string of the molecule is Cc1ccc(F)cc1S(=O)(=O)Nc1ccncc1N. The predicted octanol–water partition coefficient (Wildman–Crippen LogP) is 1.91. The van der Waals surface area contributed by atoms with E-state index in [1.807, 2.05) is 0 Å². The van der Waals surface area contributed by atoms with Gasteiger partial charge in [-0.3, -0.25) is 9.71 Å². The van der Waals surface area contributed by atoms with Gasteiger partial charge in [0, 0.05) is 6.20 Å². The summed E-state index contributed by atoms with van der Waals surface area (Å²) in [7, 11) is -3.89. The summed E-state index contributed by atoms with van der Waals surface area (Å²) in [6.45, 7) is 1.59. The van der Waals surface area contributed by atoms with Crippen molar-refractivity contribution in [3.8, 4) is 0 Å². The third-order valence-corrected chi connectivity index (χ3v) is 4.04. The van der Waals surface area contributed by atoms with Crippen LogP contribution in [0.4, 0.5) is 15.8 Å². The quantitative estimate of drug-likeness (QED) is 0.900. The van der Waals surface area contributed by atoms with Crippen LogP contribution >= 0.6 is 0 Å². The fourth-order valence-corrected chi connectivity index (χ4v) is 2.91. The summed E-state index contributed by atoms with van der Waals surface area (Å²) in [6, 6.07) is 5.01. The Morgan fingerprint density at radius 3 is 2.74 bits per heavy atom. The summed E-state index contributed by atoms with van der Waals surface area (Å²) in [5.41, 5.74) is 6.46. The number of hydrogen-bond donors (Lipinski definition) is 2. The van der Waals surface area contributed by atoms with Crippen LogP contribution in [0.2, 0.25) is 0 Å². The summed E-state index contributed by atoms with van der Waals surface area (Å²) in [5.74, 6) is -0.617. The van der Waals surface area contributed by atoms with E-state index < -0.39 is 15.8 Å². The van der Waals surface area contributed by atoms with Gasteiger partial charge in [0.2, 0.25) is 0 Å². The highest BCUT2D eigenvalue weighted by Gasteiger charge is 2.18. The molecule has 0 unspecified atom stereocenters. The lowest BCUT2D eigenvalue weighted by atomic mass is 10.2. The molecular weight excluding hydrogens is 269 g/mol. The number of pyridine rings is 1. The molecule has 0 fully saturated rings. The van der Waals surface area contributed by atoms with Crippen molar-refractivity contribution in [2.24, 2.45) is 0 Å². The van der Waals surface area contributed by atoms with E-state index in [1.54, 1.807) is 6.92 Å². The molecule has 0 bridgehead atoms. The van der Waals surface area contributed by atoms with Crippen LogP contribution in [0.1, 0.15) is 5.56 Å². The minimum Gasteiger partial charge on any atom is -0.396 e. The van der Waals surface area contributed by atoms with Crippen molar-refractivity contribution in [2.45, 2.75) is 11.8 Å². The molecule has 0 amide bonds. The number of hydrogen-bond acceptors (Lipinski definition) is 4. The third-order valence-electron chi connectivity index (χ3n) is 2.54. The number of anilines is 2. The summed E-state index contributed by atoms with van der Waals surface area (Å²) >= 11 is 0. The van der Waals surface area contributed by atoms with Crippen molar-refractivity contribution < 1.29 is 12.8 Å². The van der Waals surface area contributed by atoms with Crippen LogP contribution in [0, 0.1) is 12.7 Å². The molecule has 0 aliphatic carbocycles. The third kappa shape index (κ3) is 2.82. The van der Waals surface area contributed by atoms with Crippen LogP contribution in [-0.4, -0.2) is 13.4 Å². The first-order chi connectivity index (χ1) is 8.90. The van der Waals surface area contributed by atoms with Gasteiger partial charge >= 0.3 is 0 Å². The molecule has 0 aliphatic heterocycles. The average molecular weight is 281 g/mol. The second kappa shape index (κ2) is 4.85. The van der Waals surface area contributed by atoms with Crippen molar-refractivity contribution in [3.63, 3.8) is 0 Å². The minimum atomic E-state index is -3.89. The molecule has 0 saturated heterocycles. The monoisotopic (exact) mass is 281 g/mol. The van der Waals surface area contributed by atoms with E-state index in [-0.39, 0.29) is 16.3 Å². The van der Waals surface area contributed by atoms with Gasteiger partial charge in [-0.25, -0.2) is 12.8 Å². The Kier molecular flexibility index (Phi) is 3.39. The van der Waals surface area contributed by atoms with Crippen LogP contribution in [-0.2, 0) is 10.0 Å². The van der Waals surface area contributed by atoms with Crippen LogP contribution in [0.3, 0.4) is 0 Å². The summed E-state index contributed by atoms with van der Waals surface area (Å²) in [6.07, 6.45) is 2.74. The van der Waals surface area contributed by atoms with Gasteiger partial charge in [0.15, 0.2) is 0 Å². The molecule has 7 heteroatoms. The Hall–Kier alpha value is -2.15. The van der Waals surface area contributed by atoms with E-state index in [2.05, 4.69) is 9.71 Å². The highest BCUT2D eigenvalue weighted by Crippen LogP contribution is 2.23. The highest BCUT2D eigenvalue weighted by molar-refractivity contribution is 7.92. The fourth-order valence-electron chi connectivity index (χ4n) is 1.56. The first-order valence-electron chi connectivity index (χ1n) is 5.38. The van der Waals surface area contributed by atoms with Gasteiger partial charge in [-0.05, 0) is 30.7 Å². The lowest BCUT2D eigenvalue weighted by Gasteiger charge is -2.11. The van der Waals surface area contributed by atoms with Gasteiger partial charge in [-0.1, -0.05) is 6.07 Å². The second-order valence-corrected chi connectivity index (χ2v) is 5.63. The molecule has 3 N–H and O–H groups in total. The van der Waals surface area contributed by atoms with Crippen molar-refractivity contribution in [1.29, 1.82) is 0 Å². The molecule has 5 nitrogen and oxygen atoms in total. The van der Waals surface area contributed by atoms with Crippen LogP contribution in [0.15, 0.2) is 41.6 Å². The summed E-state index contributed by atoms with van der Waals surface area (Å²) in [4.78, 5) is 3.64. The minimum absolute atomic E-state index is 0.122. The predicted molar refractivity (Wildman–Crippen MR) is 70.6 cm³/mol. The van der Waals surface area contributed by atoms with E-state index in [9.17, 15) is 12.8 Å². The molecule has 19 heavy (non-hydrogen) atoms. The van der Waals surface area contributed by atoms with Gasteiger partial charge in [0.1, 0.15) is 5.82 Å². The first-order valence-corrected chi connectivity index (χ1v) is 6.87. The second-order valence-electron chi connectivity index (χ2n) is 3.98. The van der Waals surface area contributed by atoms with Gasteiger partial charge in [-0.15, -0.1) is 0 Å². The molecule has 1 aromatic heterocycles. The zero-order chi connectivity index (χ0) is 14.0. The maximum absolute atomic E-state index is 13.2. The van der Waals surface area contributed by atoms with E-state index >= 15 is 0 Å². The normalized spacial score (nSPS) is 11.3. The number of nitrogens with zero attached hydrogens (tertiary/aromatic N) is 1. The average Bonchev–Trinajstić information content (AvgIpc) is 2.35. The van der Waals surface area contributed by atoms with Gasteiger partial charge < -0.3 is 5.73 Å². The van der Waals surface area contributed by atoms with Crippen LogP contribution in [0.25, 0.3) is 0 Å². The Morgan fingerprint density at radius 1 is 1.32 bits per heavy atom. The van der Waals surface area contributed by atoms with Gasteiger partial charge in [-0.2, -0.15) is 0 Å². The number of halogens is 1. The first kappa shape index (κ1) is 13.3. The Balaban J connectivity index is 2.44. The van der Waals surface area contributed by atoms with E-state index in [0.717, 1.165) is 6.07 Å². The van der Waals surface area contributed by atoms with Crippen molar-refractivity contribution in [2.75, 3.05) is 10.5 Å². The number of sulfonamides is 1. The number of nitrogens with two attached hydrogens (primary N) is 1. The molecule has 2 aromatic rings. The molecule has 0 spiro atoms. The molecule has 1 aromatic carbocycles. The maximum Gasteiger partial charge on any atom is 0.262 e. The standard InChI is InChI=1S/C12H12FN3O2S/c1-8-2-3-9(13)6-12(8)19(17,18)16-11-4-5-15-7-10(11)14/h2-7H,14H2,1H3,(H,15,16). The van der Waals surface area contributed by atoms with Crippen LogP contribution < -0.4 is 10.5 Å². The molecule has 2 rings (SSSR count). The lowest BCUT2D eigenvalue weighted by Crippen LogP contribution is -2.15. The zero-order valence-corrected chi connectivity index (χ0v) is 10.9. The fraction of sp³-hybridized carbons (Fsp3) is 0.0833. The lowest BCUT2D eigenvalue weighted by molar-refractivity contribution is 0.594. The summed E-state index contributed by atoms with van der Waals surface area (Å²) < 4.78 is 39.8. The number of rotatable bonds is 3. The number of aromatic nitrogens is 1. The Morgan fingerprint density at radius 2 is 2.05 bits per heavy atom. The molecule has 0 saturated carbocycles.